The van der Waals surface area contributed by atoms with Gasteiger partial charge in [-0.05, 0) is 50.9 Å². The Bertz CT molecular complexity index is 255. The number of hydrogen-bond donors (Lipinski definition) is 0. The van der Waals surface area contributed by atoms with E-state index in [0.717, 1.165) is 6.42 Å². The Morgan fingerprint density at radius 2 is 1.25 bits per heavy atom. The SMILES string of the molecule is C=CC1C/C=C\CC/C=C\CC/C=C\CC1. The normalized spacial score (nSPS) is 29.9. The van der Waals surface area contributed by atoms with Crippen LogP contribution in [0.15, 0.2) is 49.1 Å². The van der Waals surface area contributed by atoms with Gasteiger partial charge in [0.2, 0.25) is 0 Å². The van der Waals surface area contributed by atoms with Gasteiger partial charge >= 0.3 is 0 Å². The van der Waals surface area contributed by atoms with Crippen molar-refractivity contribution < 1.29 is 0 Å². The highest BCUT2D eigenvalue weighted by atomic mass is 14.0. The second-order valence-corrected chi connectivity index (χ2v) is 4.38. The molecule has 0 nitrogen and oxygen atoms in total. The maximum atomic E-state index is 3.92. The molecule has 0 heterocycles. The summed E-state index contributed by atoms with van der Waals surface area (Å²) in [5.74, 6) is 0.652. The Morgan fingerprint density at radius 1 is 0.750 bits per heavy atom. The average Bonchev–Trinajstić information content (AvgIpc) is 2.32. The molecular weight excluding hydrogens is 192 g/mol. The molecule has 0 fully saturated rings. The van der Waals surface area contributed by atoms with Gasteiger partial charge in [-0.25, -0.2) is 0 Å². The molecule has 0 bridgehead atoms. The molecule has 0 aromatic carbocycles. The second-order valence-electron chi connectivity index (χ2n) is 4.38. The zero-order valence-electron chi connectivity index (χ0n) is 10.3. The van der Waals surface area contributed by atoms with Crippen molar-refractivity contribution >= 4 is 0 Å². The van der Waals surface area contributed by atoms with Crippen LogP contribution >= 0.6 is 0 Å². The molecule has 1 unspecified atom stereocenters. The van der Waals surface area contributed by atoms with Crippen LogP contribution in [-0.2, 0) is 0 Å². The van der Waals surface area contributed by atoms with Crippen LogP contribution in [0.4, 0.5) is 0 Å². The molecule has 0 aliphatic heterocycles. The minimum atomic E-state index is 0.652. The molecule has 1 aliphatic rings. The van der Waals surface area contributed by atoms with Gasteiger partial charge in [-0.2, -0.15) is 0 Å². The van der Waals surface area contributed by atoms with Gasteiger partial charge in [0.05, 0.1) is 0 Å². The Kier molecular flexibility index (Phi) is 7.49. The van der Waals surface area contributed by atoms with Crippen molar-refractivity contribution in [1.29, 1.82) is 0 Å². The monoisotopic (exact) mass is 216 g/mol. The van der Waals surface area contributed by atoms with E-state index < -0.39 is 0 Å². The average molecular weight is 216 g/mol. The number of allylic oxidation sites excluding steroid dienone is 7. The first kappa shape index (κ1) is 13.0. The van der Waals surface area contributed by atoms with Gasteiger partial charge < -0.3 is 0 Å². The first-order valence-electron chi connectivity index (χ1n) is 6.51. The van der Waals surface area contributed by atoms with Gasteiger partial charge in [0.15, 0.2) is 0 Å². The molecule has 0 radical (unpaired) electrons. The van der Waals surface area contributed by atoms with Crippen LogP contribution in [0, 0.1) is 5.92 Å². The topological polar surface area (TPSA) is 0 Å². The summed E-state index contributed by atoms with van der Waals surface area (Å²) in [7, 11) is 0. The first-order chi connectivity index (χ1) is 7.93. The van der Waals surface area contributed by atoms with Crippen molar-refractivity contribution in [3.8, 4) is 0 Å². The maximum Gasteiger partial charge on any atom is -0.0199 e. The molecule has 0 heteroatoms. The van der Waals surface area contributed by atoms with Crippen LogP contribution < -0.4 is 0 Å². The van der Waals surface area contributed by atoms with Gasteiger partial charge in [0.1, 0.15) is 0 Å². The minimum absolute atomic E-state index is 0.652. The molecule has 0 amide bonds. The van der Waals surface area contributed by atoms with Gasteiger partial charge in [0, 0.05) is 0 Å². The van der Waals surface area contributed by atoms with E-state index in [9.17, 15) is 0 Å². The Labute approximate surface area is 100 Å². The van der Waals surface area contributed by atoms with E-state index in [2.05, 4.69) is 49.1 Å². The Balaban J connectivity index is 2.43. The lowest BCUT2D eigenvalue weighted by atomic mass is 9.98. The molecule has 0 N–H and O–H groups in total. The largest absolute Gasteiger partial charge is 0.103 e. The molecule has 0 aromatic heterocycles. The van der Waals surface area contributed by atoms with Gasteiger partial charge in [-0.1, -0.05) is 42.5 Å². The molecule has 1 rings (SSSR count). The predicted molar refractivity (Wildman–Crippen MR) is 73.4 cm³/mol. The molecule has 16 heavy (non-hydrogen) atoms. The maximum absolute atomic E-state index is 3.92. The molecular formula is C16H24. The summed E-state index contributed by atoms with van der Waals surface area (Å²) < 4.78 is 0. The van der Waals surface area contributed by atoms with Crippen molar-refractivity contribution in [1.82, 2.24) is 0 Å². The van der Waals surface area contributed by atoms with Crippen molar-refractivity contribution in [3.05, 3.63) is 49.1 Å². The summed E-state index contributed by atoms with van der Waals surface area (Å²) >= 11 is 0. The van der Waals surface area contributed by atoms with E-state index in [4.69, 9.17) is 0 Å². The van der Waals surface area contributed by atoms with Crippen molar-refractivity contribution in [2.24, 2.45) is 5.92 Å². The quantitative estimate of drug-likeness (QED) is 0.528. The lowest BCUT2D eigenvalue weighted by molar-refractivity contribution is 0.606. The highest BCUT2D eigenvalue weighted by molar-refractivity contribution is 4.95. The van der Waals surface area contributed by atoms with Crippen molar-refractivity contribution in [2.75, 3.05) is 0 Å². The van der Waals surface area contributed by atoms with Gasteiger partial charge in [0.25, 0.3) is 0 Å². The van der Waals surface area contributed by atoms with Crippen LogP contribution in [0.1, 0.15) is 44.9 Å². The van der Waals surface area contributed by atoms with Gasteiger partial charge in [-0.15, -0.1) is 6.58 Å². The fraction of sp³-hybridized carbons (Fsp3) is 0.500. The van der Waals surface area contributed by atoms with Crippen LogP contribution in [-0.4, -0.2) is 0 Å². The zero-order valence-corrected chi connectivity index (χ0v) is 10.3. The third-order valence-electron chi connectivity index (χ3n) is 2.98. The molecule has 0 aromatic rings. The Hall–Kier alpha value is -1.04. The Morgan fingerprint density at radius 3 is 1.81 bits per heavy atom. The van der Waals surface area contributed by atoms with Crippen LogP contribution in [0.5, 0.6) is 0 Å². The fourth-order valence-corrected chi connectivity index (χ4v) is 1.89. The third-order valence-corrected chi connectivity index (χ3v) is 2.98. The van der Waals surface area contributed by atoms with Crippen molar-refractivity contribution in [3.63, 3.8) is 0 Å². The predicted octanol–water partition coefficient (Wildman–Crippen LogP) is 5.20. The lowest BCUT2D eigenvalue weighted by Crippen LogP contribution is -1.93. The summed E-state index contributed by atoms with van der Waals surface area (Å²) in [5.41, 5.74) is 0. The molecule has 1 aliphatic carbocycles. The summed E-state index contributed by atoms with van der Waals surface area (Å²) in [6.07, 6.45) is 24.3. The highest BCUT2D eigenvalue weighted by Crippen LogP contribution is 2.14. The van der Waals surface area contributed by atoms with E-state index in [1.165, 1.54) is 38.5 Å². The molecule has 0 saturated heterocycles. The standard InChI is InChI=1S/C16H24/c1-2-16-14-12-10-8-6-4-3-5-7-9-11-13-15-16/h2-4,9-12,16H,1,5-8,13-15H2/b4-3-,11-9-,12-10-. The van der Waals surface area contributed by atoms with E-state index in [1.807, 2.05) is 0 Å². The summed E-state index contributed by atoms with van der Waals surface area (Å²) in [5, 5.41) is 0. The highest BCUT2D eigenvalue weighted by Gasteiger charge is 1.99. The smallest absolute Gasteiger partial charge is 0.0199 e. The van der Waals surface area contributed by atoms with E-state index in [-0.39, 0.29) is 0 Å². The summed E-state index contributed by atoms with van der Waals surface area (Å²) in [6.45, 7) is 3.92. The molecule has 0 spiro atoms. The fourth-order valence-electron chi connectivity index (χ4n) is 1.89. The molecule has 0 saturated carbocycles. The second kappa shape index (κ2) is 9.21. The lowest BCUT2D eigenvalue weighted by Gasteiger charge is -2.07. The zero-order chi connectivity index (χ0) is 11.5. The van der Waals surface area contributed by atoms with E-state index in [1.54, 1.807) is 0 Å². The van der Waals surface area contributed by atoms with Crippen molar-refractivity contribution in [2.45, 2.75) is 44.9 Å². The van der Waals surface area contributed by atoms with Crippen LogP contribution in [0.3, 0.4) is 0 Å². The van der Waals surface area contributed by atoms with E-state index in [0.29, 0.717) is 5.92 Å². The minimum Gasteiger partial charge on any atom is -0.103 e. The van der Waals surface area contributed by atoms with E-state index >= 15 is 0 Å². The first-order valence-corrected chi connectivity index (χ1v) is 6.51. The third kappa shape index (κ3) is 6.44. The molecule has 1 atom stereocenters. The number of hydrogen-bond acceptors (Lipinski definition) is 0. The van der Waals surface area contributed by atoms with Crippen LogP contribution in [0.2, 0.25) is 0 Å². The molecule has 88 valence electrons. The number of rotatable bonds is 1. The van der Waals surface area contributed by atoms with Crippen LogP contribution in [0.25, 0.3) is 0 Å². The summed E-state index contributed by atoms with van der Waals surface area (Å²) in [4.78, 5) is 0. The van der Waals surface area contributed by atoms with Gasteiger partial charge in [-0.3, -0.25) is 0 Å². The summed E-state index contributed by atoms with van der Waals surface area (Å²) in [6, 6.07) is 0.